The number of hydrogen-bond donors (Lipinski definition) is 1. The van der Waals surface area contributed by atoms with E-state index in [-0.39, 0.29) is 0 Å². The molecule has 0 aromatic heterocycles. The summed E-state index contributed by atoms with van der Waals surface area (Å²) in [5, 5.41) is 3.90. The summed E-state index contributed by atoms with van der Waals surface area (Å²) >= 11 is 0. The third-order valence-corrected chi connectivity index (χ3v) is 4.48. The molecule has 88 valence electrons. The number of hydrogen-bond acceptors (Lipinski definition) is 1. The molecule has 2 fully saturated rings. The molecule has 0 radical (unpaired) electrons. The molecular formula is C14H27N. The third kappa shape index (κ3) is 3.21. The van der Waals surface area contributed by atoms with Crippen LogP contribution < -0.4 is 5.32 Å². The lowest BCUT2D eigenvalue weighted by Crippen LogP contribution is -2.40. The van der Waals surface area contributed by atoms with Crippen LogP contribution in [-0.4, -0.2) is 12.1 Å². The van der Waals surface area contributed by atoms with Crippen LogP contribution in [0.2, 0.25) is 0 Å². The lowest BCUT2D eigenvalue weighted by Gasteiger charge is -2.33. The summed E-state index contributed by atoms with van der Waals surface area (Å²) in [6, 6.07) is 1.70. The van der Waals surface area contributed by atoms with Gasteiger partial charge in [-0.2, -0.15) is 0 Å². The highest BCUT2D eigenvalue weighted by molar-refractivity contribution is 4.84. The van der Waals surface area contributed by atoms with Gasteiger partial charge in [0.1, 0.15) is 0 Å². The van der Waals surface area contributed by atoms with Gasteiger partial charge < -0.3 is 5.32 Å². The number of nitrogens with one attached hydrogen (secondary N) is 1. The van der Waals surface area contributed by atoms with Gasteiger partial charge in [0.25, 0.3) is 0 Å². The summed E-state index contributed by atoms with van der Waals surface area (Å²) in [7, 11) is 0. The summed E-state index contributed by atoms with van der Waals surface area (Å²) in [5.74, 6) is 1.87. The summed E-state index contributed by atoms with van der Waals surface area (Å²) < 4.78 is 0. The van der Waals surface area contributed by atoms with Crippen LogP contribution in [0.15, 0.2) is 0 Å². The van der Waals surface area contributed by atoms with E-state index in [1.807, 2.05) is 0 Å². The van der Waals surface area contributed by atoms with Crippen molar-refractivity contribution in [2.75, 3.05) is 0 Å². The molecule has 1 N–H and O–H groups in total. The van der Waals surface area contributed by atoms with Gasteiger partial charge in [-0.1, -0.05) is 39.5 Å². The Hall–Kier alpha value is -0.0400. The van der Waals surface area contributed by atoms with E-state index in [0.717, 1.165) is 23.9 Å². The predicted molar refractivity (Wildman–Crippen MR) is 66.0 cm³/mol. The largest absolute Gasteiger partial charge is 0.311 e. The molecule has 0 spiro atoms. The van der Waals surface area contributed by atoms with Crippen molar-refractivity contribution in [3.05, 3.63) is 0 Å². The van der Waals surface area contributed by atoms with E-state index < -0.39 is 0 Å². The van der Waals surface area contributed by atoms with Crippen LogP contribution in [-0.2, 0) is 0 Å². The third-order valence-electron chi connectivity index (χ3n) is 4.48. The standard InChI is InChI=1S/C14H27N/c1-11(2)12-6-5-9-14(10-12)15-13-7-3-4-8-13/h11-15H,3-10H2,1-2H3/t12-,14-/m0/s1. The zero-order valence-electron chi connectivity index (χ0n) is 10.5. The zero-order valence-corrected chi connectivity index (χ0v) is 10.5. The molecule has 0 aliphatic heterocycles. The molecule has 2 aliphatic rings. The maximum atomic E-state index is 3.90. The first-order valence-electron chi connectivity index (χ1n) is 7.01. The Kier molecular flexibility index (Phi) is 4.07. The minimum Gasteiger partial charge on any atom is -0.311 e. The van der Waals surface area contributed by atoms with Crippen LogP contribution in [0.3, 0.4) is 0 Å². The minimum atomic E-state index is 0.842. The van der Waals surface area contributed by atoms with Gasteiger partial charge in [0.15, 0.2) is 0 Å². The predicted octanol–water partition coefficient (Wildman–Crippen LogP) is 3.73. The molecule has 0 aromatic rings. The van der Waals surface area contributed by atoms with Crippen LogP contribution in [0.5, 0.6) is 0 Å². The Balaban J connectivity index is 1.76. The van der Waals surface area contributed by atoms with Crippen molar-refractivity contribution < 1.29 is 0 Å². The highest BCUT2D eigenvalue weighted by Crippen LogP contribution is 2.31. The Bertz CT molecular complexity index is 180. The highest BCUT2D eigenvalue weighted by Gasteiger charge is 2.26. The van der Waals surface area contributed by atoms with Gasteiger partial charge in [0, 0.05) is 12.1 Å². The van der Waals surface area contributed by atoms with E-state index in [9.17, 15) is 0 Å². The van der Waals surface area contributed by atoms with Crippen molar-refractivity contribution >= 4 is 0 Å². The van der Waals surface area contributed by atoms with E-state index in [4.69, 9.17) is 0 Å². The van der Waals surface area contributed by atoms with Gasteiger partial charge in [0.2, 0.25) is 0 Å². The van der Waals surface area contributed by atoms with Crippen molar-refractivity contribution in [2.24, 2.45) is 11.8 Å². The Morgan fingerprint density at radius 1 is 0.867 bits per heavy atom. The van der Waals surface area contributed by atoms with Crippen LogP contribution in [0.1, 0.15) is 65.2 Å². The molecule has 2 saturated carbocycles. The van der Waals surface area contributed by atoms with Gasteiger partial charge >= 0.3 is 0 Å². The Morgan fingerprint density at radius 2 is 1.53 bits per heavy atom. The molecule has 0 unspecified atom stereocenters. The molecule has 0 saturated heterocycles. The molecule has 0 amide bonds. The maximum Gasteiger partial charge on any atom is 0.00723 e. The van der Waals surface area contributed by atoms with Crippen molar-refractivity contribution in [3.8, 4) is 0 Å². The normalized spacial score (nSPS) is 33.8. The smallest absolute Gasteiger partial charge is 0.00723 e. The lowest BCUT2D eigenvalue weighted by atomic mass is 9.79. The monoisotopic (exact) mass is 209 g/mol. The van der Waals surface area contributed by atoms with Crippen molar-refractivity contribution in [1.82, 2.24) is 5.32 Å². The van der Waals surface area contributed by atoms with Crippen molar-refractivity contribution in [2.45, 2.75) is 77.3 Å². The molecule has 1 heteroatoms. The Labute approximate surface area is 95.0 Å². The molecule has 0 bridgehead atoms. The molecule has 2 rings (SSSR count). The summed E-state index contributed by atoms with van der Waals surface area (Å²) in [6.07, 6.45) is 11.6. The van der Waals surface area contributed by atoms with Gasteiger partial charge in [-0.05, 0) is 37.5 Å². The van der Waals surface area contributed by atoms with Crippen LogP contribution in [0.25, 0.3) is 0 Å². The average Bonchev–Trinajstić information content (AvgIpc) is 2.71. The van der Waals surface area contributed by atoms with Crippen LogP contribution in [0, 0.1) is 11.8 Å². The average molecular weight is 209 g/mol. The fraction of sp³-hybridized carbons (Fsp3) is 1.00. The quantitative estimate of drug-likeness (QED) is 0.747. The first-order chi connectivity index (χ1) is 7.25. The van der Waals surface area contributed by atoms with E-state index in [1.165, 1.54) is 51.4 Å². The van der Waals surface area contributed by atoms with Gasteiger partial charge in [0.05, 0.1) is 0 Å². The van der Waals surface area contributed by atoms with E-state index >= 15 is 0 Å². The summed E-state index contributed by atoms with van der Waals surface area (Å²) in [5.41, 5.74) is 0. The molecular weight excluding hydrogens is 182 g/mol. The van der Waals surface area contributed by atoms with Crippen molar-refractivity contribution in [1.29, 1.82) is 0 Å². The van der Waals surface area contributed by atoms with Gasteiger partial charge in [-0.3, -0.25) is 0 Å². The first kappa shape index (κ1) is 11.4. The summed E-state index contributed by atoms with van der Waals surface area (Å²) in [6.45, 7) is 4.78. The fourth-order valence-electron chi connectivity index (χ4n) is 3.41. The molecule has 2 aliphatic carbocycles. The minimum absolute atomic E-state index is 0.842. The Morgan fingerprint density at radius 3 is 2.20 bits per heavy atom. The number of rotatable bonds is 3. The molecule has 15 heavy (non-hydrogen) atoms. The molecule has 2 atom stereocenters. The zero-order chi connectivity index (χ0) is 10.7. The van der Waals surface area contributed by atoms with Crippen LogP contribution >= 0.6 is 0 Å². The van der Waals surface area contributed by atoms with E-state index in [0.29, 0.717) is 0 Å². The topological polar surface area (TPSA) is 12.0 Å². The SMILES string of the molecule is CC(C)[C@H]1CCC[C@H](NC2CCCC2)C1. The molecule has 0 aromatic carbocycles. The van der Waals surface area contributed by atoms with E-state index in [2.05, 4.69) is 19.2 Å². The molecule has 0 heterocycles. The van der Waals surface area contributed by atoms with Crippen molar-refractivity contribution in [3.63, 3.8) is 0 Å². The highest BCUT2D eigenvalue weighted by atomic mass is 15.0. The van der Waals surface area contributed by atoms with Gasteiger partial charge in [-0.15, -0.1) is 0 Å². The fourth-order valence-corrected chi connectivity index (χ4v) is 3.41. The first-order valence-corrected chi connectivity index (χ1v) is 7.01. The maximum absolute atomic E-state index is 3.90. The lowest BCUT2D eigenvalue weighted by molar-refractivity contribution is 0.220. The molecule has 1 nitrogen and oxygen atoms in total. The second-order valence-corrected chi connectivity index (χ2v) is 6.02. The van der Waals surface area contributed by atoms with Gasteiger partial charge in [-0.25, -0.2) is 0 Å². The summed E-state index contributed by atoms with van der Waals surface area (Å²) in [4.78, 5) is 0. The second kappa shape index (κ2) is 5.34. The van der Waals surface area contributed by atoms with Crippen LogP contribution in [0.4, 0.5) is 0 Å². The van der Waals surface area contributed by atoms with E-state index in [1.54, 1.807) is 0 Å². The second-order valence-electron chi connectivity index (χ2n) is 6.02.